The van der Waals surface area contributed by atoms with Gasteiger partial charge in [0.2, 0.25) is 0 Å². The first-order valence-corrected chi connectivity index (χ1v) is 8.58. The number of likely N-dealkylation sites (N-methyl/N-ethyl adjacent to an activating group) is 1. The van der Waals surface area contributed by atoms with E-state index in [9.17, 15) is 18.0 Å². The molecule has 0 radical (unpaired) electrons. The number of carbonyl (C=O) groups is 1. The van der Waals surface area contributed by atoms with E-state index in [0.29, 0.717) is 11.7 Å². The van der Waals surface area contributed by atoms with Crippen molar-refractivity contribution in [3.05, 3.63) is 23.8 Å². The maximum Gasteiger partial charge on any atom is 0.411 e. The number of anilines is 2. The number of alkyl halides is 3. The number of hydrogen-bond donors (Lipinski definition) is 1. The van der Waals surface area contributed by atoms with Gasteiger partial charge >= 0.3 is 6.18 Å². The van der Waals surface area contributed by atoms with Crippen LogP contribution in [0.5, 0.6) is 0 Å². The molecular formula is C18H26F3N3O2. The molecule has 26 heavy (non-hydrogen) atoms. The molecule has 2 rings (SSSR count). The van der Waals surface area contributed by atoms with Crippen molar-refractivity contribution in [1.29, 1.82) is 0 Å². The molecule has 5 nitrogen and oxygen atoms in total. The van der Waals surface area contributed by atoms with E-state index in [2.05, 4.69) is 33.9 Å². The number of rotatable bonds is 6. The summed E-state index contributed by atoms with van der Waals surface area (Å²) in [6.07, 6.45) is -4.58. The third kappa shape index (κ3) is 5.60. The molecule has 1 amide bonds. The van der Waals surface area contributed by atoms with Crippen LogP contribution in [-0.2, 0) is 9.53 Å². The second kappa shape index (κ2) is 8.26. The molecule has 1 N–H and O–H groups in total. The van der Waals surface area contributed by atoms with Crippen LogP contribution in [0, 0.1) is 6.92 Å². The summed E-state index contributed by atoms with van der Waals surface area (Å²) in [6.45, 7) is 3.68. The van der Waals surface area contributed by atoms with Crippen molar-refractivity contribution >= 4 is 17.3 Å². The molecule has 0 aliphatic carbocycles. The molecular weight excluding hydrogens is 347 g/mol. The first-order chi connectivity index (χ1) is 12.1. The van der Waals surface area contributed by atoms with Crippen LogP contribution in [0.2, 0.25) is 0 Å². The highest BCUT2D eigenvalue weighted by atomic mass is 19.4. The largest absolute Gasteiger partial charge is 0.411 e. The van der Waals surface area contributed by atoms with Crippen LogP contribution in [0.25, 0.3) is 0 Å². The van der Waals surface area contributed by atoms with E-state index in [1.165, 1.54) is 6.92 Å². The normalized spacial score (nSPS) is 19.1. The second-order valence-corrected chi connectivity index (χ2v) is 6.91. The Kier molecular flexibility index (Phi) is 6.52. The summed E-state index contributed by atoms with van der Waals surface area (Å²) in [7, 11) is 4.11. The first-order valence-electron chi connectivity index (χ1n) is 8.58. The molecule has 1 aliphatic heterocycles. The third-order valence-electron chi connectivity index (χ3n) is 4.58. The van der Waals surface area contributed by atoms with Crippen molar-refractivity contribution in [2.45, 2.75) is 38.6 Å². The zero-order valence-corrected chi connectivity index (χ0v) is 15.6. The zero-order valence-electron chi connectivity index (χ0n) is 15.6. The minimum Gasteiger partial charge on any atom is -0.370 e. The minimum atomic E-state index is -4.45. The molecule has 0 unspecified atom stereocenters. The summed E-state index contributed by atoms with van der Waals surface area (Å²) in [5.41, 5.74) is 2.66. The van der Waals surface area contributed by atoms with E-state index < -0.39 is 24.8 Å². The van der Waals surface area contributed by atoms with Gasteiger partial charge in [0.15, 0.2) is 0 Å². The van der Waals surface area contributed by atoms with Gasteiger partial charge < -0.3 is 19.9 Å². The Labute approximate surface area is 152 Å². The Bertz CT molecular complexity index is 635. The molecule has 0 bridgehead atoms. The lowest BCUT2D eigenvalue weighted by Gasteiger charge is -2.24. The Morgan fingerprint density at radius 3 is 2.69 bits per heavy atom. The van der Waals surface area contributed by atoms with Crippen LogP contribution in [-0.4, -0.2) is 62.9 Å². The number of halogens is 3. The molecule has 1 fully saturated rings. The van der Waals surface area contributed by atoms with Crippen LogP contribution < -0.4 is 10.2 Å². The summed E-state index contributed by atoms with van der Waals surface area (Å²) in [5, 5.41) is 2.63. The summed E-state index contributed by atoms with van der Waals surface area (Å²) in [5.74, 6) is -0.600. The molecule has 2 atom stereocenters. The average molecular weight is 373 g/mol. The Balaban J connectivity index is 2.02. The van der Waals surface area contributed by atoms with Gasteiger partial charge in [0.05, 0.1) is 0 Å². The van der Waals surface area contributed by atoms with E-state index >= 15 is 0 Å². The third-order valence-corrected chi connectivity index (χ3v) is 4.58. The van der Waals surface area contributed by atoms with E-state index in [0.717, 1.165) is 30.8 Å². The number of amides is 1. The zero-order chi connectivity index (χ0) is 19.5. The highest BCUT2D eigenvalue weighted by Crippen LogP contribution is 2.28. The Morgan fingerprint density at radius 2 is 2.12 bits per heavy atom. The van der Waals surface area contributed by atoms with Crippen molar-refractivity contribution in [3.63, 3.8) is 0 Å². The van der Waals surface area contributed by atoms with Crippen molar-refractivity contribution in [1.82, 2.24) is 4.90 Å². The number of aryl methyl sites for hydroxylation is 1. The lowest BCUT2D eigenvalue weighted by Crippen LogP contribution is -2.32. The molecule has 146 valence electrons. The number of hydrogen-bond acceptors (Lipinski definition) is 4. The number of benzene rings is 1. The van der Waals surface area contributed by atoms with Crippen molar-refractivity contribution in [3.8, 4) is 0 Å². The molecule has 0 saturated carbocycles. The van der Waals surface area contributed by atoms with Gasteiger partial charge in [-0.2, -0.15) is 13.2 Å². The summed E-state index contributed by atoms with van der Waals surface area (Å²) >= 11 is 0. The van der Waals surface area contributed by atoms with Crippen LogP contribution >= 0.6 is 0 Å². The maximum atomic E-state index is 12.2. The van der Waals surface area contributed by atoms with E-state index in [-0.39, 0.29) is 0 Å². The average Bonchev–Trinajstić information content (AvgIpc) is 3.03. The number of nitrogens with one attached hydrogen (secondary N) is 1. The summed E-state index contributed by atoms with van der Waals surface area (Å²) in [6, 6.07) is 5.98. The highest BCUT2D eigenvalue weighted by Gasteiger charge is 2.30. The summed E-state index contributed by atoms with van der Waals surface area (Å²) < 4.78 is 41.2. The van der Waals surface area contributed by atoms with Gasteiger partial charge in [-0.05, 0) is 52.1 Å². The molecule has 1 saturated heterocycles. The number of ether oxygens (including phenoxy) is 1. The Hall–Kier alpha value is -1.80. The van der Waals surface area contributed by atoms with Crippen molar-refractivity contribution < 1.29 is 22.7 Å². The predicted octanol–water partition coefficient (Wildman–Crippen LogP) is 3.04. The van der Waals surface area contributed by atoms with Gasteiger partial charge in [-0.1, -0.05) is 6.07 Å². The molecule has 1 heterocycles. The summed E-state index contributed by atoms with van der Waals surface area (Å²) in [4.78, 5) is 16.5. The van der Waals surface area contributed by atoms with E-state index in [4.69, 9.17) is 0 Å². The minimum absolute atomic E-state index is 0.475. The fourth-order valence-corrected chi connectivity index (χ4v) is 2.95. The van der Waals surface area contributed by atoms with Gasteiger partial charge in [-0.25, -0.2) is 0 Å². The van der Waals surface area contributed by atoms with Crippen LogP contribution in [0.3, 0.4) is 0 Å². The Morgan fingerprint density at radius 1 is 1.42 bits per heavy atom. The lowest BCUT2D eigenvalue weighted by molar-refractivity contribution is -0.184. The monoisotopic (exact) mass is 373 g/mol. The van der Waals surface area contributed by atoms with E-state index in [1.54, 1.807) is 6.07 Å². The molecule has 1 aromatic rings. The standard InChI is InChI=1S/C18H26F3N3O2/c1-12-5-6-14(22-17(25)13(2)26-11-18(19,20)21)9-16(12)24-8-7-15(10-24)23(3)4/h5-6,9,13,15H,7-8,10-11H2,1-4H3,(H,22,25)/t13-,15+/m0/s1. The van der Waals surface area contributed by atoms with Crippen LogP contribution in [0.1, 0.15) is 18.9 Å². The van der Waals surface area contributed by atoms with E-state index in [1.807, 2.05) is 19.1 Å². The fourth-order valence-electron chi connectivity index (χ4n) is 2.95. The molecule has 1 aromatic carbocycles. The first kappa shape index (κ1) is 20.5. The van der Waals surface area contributed by atoms with Crippen molar-refractivity contribution in [2.75, 3.05) is 44.0 Å². The predicted molar refractivity (Wildman–Crippen MR) is 95.6 cm³/mol. The molecule has 0 spiro atoms. The maximum absolute atomic E-state index is 12.2. The topological polar surface area (TPSA) is 44.8 Å². The fraction of sp³-hybridized carbons (Fsp3) is 0.611. The van der Waals surface area contributed by atoms with Gasteiger partial charge in [0, 0.05) is 30.5 Å². The highest BCUT2D eigenvalue weighted by molar-refractivity contribution is 5.94. The molecule has 8 heteroatoms. The molecule has 1 aliphatic rings. The van der Waals surface area contributed by atoms with Gasteiger partial charge in [-0.3, -0.25) is 4.79 Å². The SMILES string of the molecule is Cc1ccc(NC(=O)[C@H](C)OCC(F)(F)F)cc1N1CC[C@@H](N(C)C)C1. The lowest BCUT2D eigenvalue weighted by atomic mass is 10.1. The van der Waals surface area contributed by atoms with Crippen LogP contribution in [0.4, 0.5) is 24.5 Å². The van der Waals surface area contributed by atoms with Crippen LogP contribution in [0.15, 0.2) is 18.2 Å². The number of carbonyl (C=O) groups excluding carboxylic acids is 1. The van der Waals surface area contributed by atoms with Gasteiger partial charge in [0.1, 0.15) is 12.7 Å². The number of nitrogens with zero attached hydrogens (tertiary/aromatic N) is 2. The smallest absolute Gasteiger partial charge is 0.370 e. The van der Waals surface area contributed by atoms with Crippen molar-refractivity contribution in [2.24, 2.45) is 0 Å². The quantitative estimate of drug-likeness (QED) is 0.833. The van der Waals surface area contributed by atoms with Gasteiger partial charge in [0.25, 0.3) is 5.91 Å². The van der Waals surface area contributed by atoms with Gasteiger partial charge in [-0.15, -0.1) is 0 Å². The molecule has 0 aromatic heterocycles. The second-order valence-electron chi connectivity index (χ2n) is 6.91.